The van der Waals surface area contributed by atoms with Gasteiger partial charge in [-0.15, -0.1) is 0 Å². The summed E-state index contributed by atoms with van der Waals surface area (Å²) in [6.07, 6.45) is 8.11. The lowest BCUT2D eigenvalue weighted by atomic mass is 9.93. The van der Waals surface area contributed by atoms with Crippen molar-refractivity contribution in [1.82, 2.24) is 24.6 Å². The van der Waals surface area contributed by atoms with Crippen molar-refractivity contribution in [3.05, 3.63) is 64.6 Å². The average molecular weight is 656 g/mol. The Bertz CT molecular complexity index is 1580. The number of amides is 1. The number of hydrogen-bond donors (Lipinski definition) is 2. The van der Waals surface area contributed by atoms with Crippen LogP contribution in [0.1, 0.15) is 86.0 Å². The topological polar surface area (TPSA) is 107 Å². The van der Waals surface area contributed by atoms with Crippen LogP contribution in [0.4, 0.5) is 11.5 Å². The molecule has 3 aliphatic heterocycles. The number of benzene rings is 1. The fraction of sp³-hybridized carbons (Fsp3) is 0.579. The number of hydrogen-bond acceptors (Lipinski definition) is 7. The van der Waals surface area contributed by atoms with E-state index in [9.17, 15) is 14.7 Å². The molecule has 0 bridgehead atoms. The van der Waals surface area contributed by atoms with Crippen molar-refractivity contribution in [3.8, 4) is 5.69 Å². The number of carbonyl (C=O) groups excluding carboxylic acids is 1. The van der Waals surface area contributed by atoms with Gasteiger partial charge in [-0.05, 0) is 106 Å². The van der Waals surface area contributed by atoms with Gasteiger partial charge in [0.05, 0.1) is 17.8 Å². The lowest BCUT2D eigenvalue weighted by Crippen LogP contribution is -2.48. The Kier molecular flexibility index (Phi) is 11.0. The summed E-state index contributed by atoms with van der Waals surface area (Å²) >= 11 is 0. The Morgan fingerprint density at radius 1 is 1.04 bits per heavy atom. The highest BCUT2D eigenvalue weighted by Crippen LogP contribution is 2.32. The first-order chi connectivity index (χ1) is 23.2. The van der Waals surface area contributed by atoms with Gasteiger partial charge in [-0.3, -0.25) is 9.59 Å². The Hall–Kier alpha value is -3.92. The average Bonchev–Trinajstić information content (AvgIpc) is 3.69. The fourth-order valence-electron chi connectivity index (χ4n) is 7.73. The molecule has 0 spiro atoms. The highest BCUT2D eigenvalue weighted by atomic mass is 16.4. The van der Waals surface area contributed by atoms with Gasteiger partial charge < -0.3 is 25.1 Å². The molecule has 10 heteroatoms. The quantitative estimate of drug-likeness (QED) is 0.245. The summed E-state index contributed by atoms with van der Waals surface area (Å²) in [5.74, 6) is 0.958. The van der Waals surface area contributed by atoms with Crippen LogP contribution < -0.4 is 10.2 Å². The first-order valence-electron chi connectivity index (χ1n) is 18.1. The van der Waals surface area contributed by atoms with Crippen LogP contribution in [-0.2, 0) is 22.4 Å². The minimum atomic E-state index is -0.778. The van der Waals surface area contributed by atoms with Crippen molar-refractivity contribution in [1.29, 1.82) is 0 Å². The molecule has 258 valence electrons. The number of nitrogens with one attached hydrogen (secondary N) is 1. The number of carboxylic acid groups (broad SMARTS) is 1. The fourth-order valence-corrected chi connectivity index (χ4v) is 7.73. The SMILES string of the molecule is CCCCC(=O)N1CCN(c2cc([C@@H](CC(=O)O)CN3CCC(CCc4ccc5c(n4)NCCC5)C3)cc(-n3nc(C)cc3C)c2)CC1. The molecule has 10 nitrogen and oxygen atoms in total. The van der Waals surface area contributed by atoms with Crippen LogP contribution in [0.3, 0.4) is 0 Å². The van der Waals surface area contributed by atoms with Crippen LogP contribution >= 0.6 is 0 Å². The van der Waals surface area contributed by atoms with E-state index in [0.29, 0.717) is 32.0 Å². The minimum Gasteiger partial charge on any atom is -0.481 e. The van der Waals surface area contributed by atoms with E-state index in [0.717, 1.165) is 111 Å². The number of rotatable bonds is 13. The van der Waals surface area contributed by atoms with Crippen molar-refractivity contribution < 1.29 is 14.7 Å². The van der Waals surface area contributed by atoms with Crippen molar-refractivity contribution in [3.63, 3.8) is 0 Å². The number of likely N-dealkylation sites (tertiary alicyclic amines) is 1. The van der Waals surface area contributed by atoms with Crippen LogP contribution in [0.15, 0.2) is 36.4 Å². The second-order valence-corrected chi connectivity index (χ2v) is 14.2. The van der Waals surface area contributed by atoms with Crippen LogP contribution in [-0.4, -0.2) is 93.9 Å². The van der Waals surface area contributed by atoms with E-state index in [1.165, 1.54) is 12.0 Å². The zero-order valence-electron chi connectivity index (χ0n) is 29.1. The van der Waals surface area contributed by atoms with Gasteiger partial charge in [0.25, 0.3) is 0 Å². The van der Waals surface area contributed by atoms with Gasteiger partial charge in [-0.2, -0.15) is 5.10 Å². The van der Waals surface area contributed by atoms with E-state index in [1.807, 2.05) is 16.5 Å². The summed E-state index contributed by atoms with van der Waals surface area (Å²) in [5.41, 5.74) is 7.53. The number of aryl methyl sites for hydroxylation is 4. The molecule has 0 saturated carbocycles. The summed E-state index contributed by atoms with van der Waals surface area (Å²) < 4.78 is 1.97. The molecule has 1 aromatic carbocycles. The van der Waals surface area contributed by atoms with Crippen LogP contribution in [0, 0.1) is 19.8 Å². The Morgan fingerprint density at radius 3 is 2.60 bits per heavy atom. The van der Waals surface area contributed by atoms with Crippen LogP contribution in [0.2, 0.25) is 0 Å². The maximum atomic E-state index is 12.7. The number of carbonyl (C=O) groups is 2. The third-order valence-corrected chi connectivity index (χ3v) is 10.4. The van der Waals surface area contributed by atoms with E-state index in [2.05, 4.69) is 65.4 Å². The standard InChI is InChI=1S/C38H53N7O3/c1-4-5-8-36(46)44-18-16-43(17-19-44)34-21-31(22-35(24-34)45-28(3)20-27(2)41-45)32(23-37(47)48)26-42-15-13-29(25-42)9-11-33-12-10-30-7-6-14-39-38(30)40-33/h10,12,20-22,24,29,32H,4-9,11,13-19,23,25-26H2,1-3H3,(H,39,40)(H,47,48)/t29?,32-/m0/s1. The van der Waals surface area contributed by atoms with E-state index in [-0.39, 0.29) is 18.2 Å². The molecule has 2 saturated heterocycles. The monoisotopic (exact) mass is 655 g/mol. The number of anilines is 2. The lowest BCUT2D eigenvalue weighted by molar-refractivity contribution is -0.137. The molecule has 5 heterocycles. The van der Waals surface area contributed by atoms with E-state index in [1.54, 1.807) is 0 Å². The highest BCUT2D eigenvalue weighted by molar-refractivity contribution is 5.76. The number of carboxylic acids is 1. The second-order valence-electron chi connectivity index (χ2n) is 14.2. The molecule has 0 aliphatic carbocycles. The summed E-state index contributed by atoms with van der Waals surface area (Å²) in [5, 5.41) is 18.3. The summed E-state index contributed by atoms with van der Waals surface area (Å²) in [6.45, 7) is 12.8. The number of piperazine rings is 1. The predicted octanol–water partition coefficient (Wildman–Crippen LogP) is 5.59. The maximum absolute atomic E-state index is 12.7. The lowest BCUT2D eigenvalue weighted by Gasteiger charge is -2.37. The van der Waals surface area contributed by atoms with Crippen molar-refractivity contribution in [2.24, 2.45) is 5.92 Å². The first-order valence-corrected chi connectivity index (χ1v) is 18.1. The Morgan fingerprint density at radius 2 is 1.85 bits per heavy atom. The van der Waals surface area contributed by atoms with Gasteiger partial charge in [-0.1, -0.05) is 19.4 Å². The number of aromatic nitrogens is 3. The molecule has 2 N–H and O–H groups in total. The molecular formula is C38H53N7O3. The van der Waals surface area contributed by atoms with Crippen molar-refractivity contribution >= 4 is 23.4 Å². The van der Waals surface area contributed by atoms with Gasteiger partial charge >= 0.3 is 5.97 Å². The number of pyridine rings is 1. The van der Waals surface area contributed by atoms with E-state index >= 15 is 0 Å². The summed E-state index contributed by atoms with van der Waals surface area (Å²) in [4.78, 5) is 36.7. The van der Waals surface area contributed by atoms with Gasteiger partial charge in [0.15, 0.2) is 0 Å². The molecule has 2 aromatic heterocycles. The van der Waals surface area contributed by atoms with E-state index < -0.39 is 5.97 Å². The predicted molar refractivity (Wildman–Crippen MR) is 190 cm³/mol. The highest BCUT2D eigenvalue weighted by Gasteiger charge is 2.28. The van der Waals surface area contributed by atoms with Gasteiger partial charge in [-0.25, -0.2) is 9.67 Å². The molecule has 6 rings (SSSR count). The molecule has 2 atom stereocenters. The molecule has 2 fully saturated rings. The van der Waals surface area contributed by atoms with Gasteiger partial charge in [0, 0.05) is 75.2 Å². The molecule has 1 amide bonds. The smallest absolute Gasteiger partial charge is 0.304 e. The zero-order valence-corrected chi connectivity index (χ0v) is 29.1. The van der Waals surface area contributed by atoms with Gasteiger partial charge in [0.1, 0.15) is 5.82 Å². The largest absolute Gasteiger partial charge is 0.481 e. The molecule has 1 unspecified atom stereocenters. The molecule has 48 heavy (non-hydrogen) atoms. The number of nitrogens with zero attached hydrogens (tertiary/aromatic N) is 6. The third kappa shape index (κ3) is 8.38. The molecule has 0 radical (unpaired) electrons. The van der Waals surface area contributed by atoms with Crippen LogP contribution in [0.25, 0.3) is 5.69 Å². The van der Waals surface area contributed by atoms with Crippen molar-refractivity contribution in [2.75, 3.05) is 62.6 Å². The molecule has 3 aliphatic rings. The number of unbranched alkanes of at least 4 members (excludes halogenated alkanes) is 1. The Labute approximate surface area is 285 Å². The number of aliphatic carboxylic acids is 1. The molecule has 3 aromatic rings. The summed E-state index contributed by atoms with van der Waals surface area (Å²) in [7, 11) is 0. The van der Waals surface area contributed by atoms with Gasteiger partial charge in [0.2, 0.25) is 5.91 Å². The summed E-state index contributed by atoms with van der Waals surface area (Å²) in [6, 6.07) is 13.0. The maximum Gasteiger partial charge on any atom is 0.304 e. The van der Waals surface area contributed by atoms with E-state index in [4.69, 9.17) is 10.1 Å². The first kappa shape index (κ1) is 34.0. The normalized spacial score (nSPS) is 18.9. The van der Waals surface area contributed by atoms with Crippen LogP contribution in [0.5, 0.6) is 0 Å². The number of fused-ring (bicyclic) bond motifs is 1. The van der Waals surface area contributed by atoms with Crippen molar-refractivity contribution in [2.45, 2.75) is 84.5 Å². The minimum absolute atomic E-state index is 0.0763. The Balaban J connectivity index is 1.17. The molecular weight excluding hydrogens is 602 g/mol. The second kappa shape index (κ2) is 15.5. The zero-order chi connectivity index (χ0) is 33.6. The third-order valence-electron chi connectivity index (χ3n) is 10.4.